The zero-order valence-corrected chi connectivity index (χ0v) is 13.0. The van der Waals surface area contributed by atoms with E-state index in [9.17, 15) is 9.59 Å². The molecular formula is C14H14N2O3S2. The topological polar surface area (TPSA) is 81.4 Å². The Kier molecular flexibility index (Phi) is 3.69. The van der Waals surface area contributed by atoms with Crippen molar-refractivity contribution in [2.45, 2.75) is 19.3 Å². The third kappa shape index (κ3) is 2.43. The number of anilines is 2. The van der Waals surface area contributed by atoms with Crippen LogP contribution in [0.3, 0.4) is 0 Å². The number of carbonyl (C=O) groups excluding carboxylic acids is 2. The minimum absolute atomic E-state index is 0.285. The first-order valence-corrected chi connectivity index (χ1v) is 8.18. The molecule has 3 N–H and O–H groups in total. The van der Waals surface area contributed by atoms with Gasteiger partial charge in [-0.05, 0) is 36.3 Å². The lowest BCUT2D eigenvalue weighted by Gasteiger charge is -2.06. The first-order chi connectivity index (χ1) is 10.1. The predicted molar refractivity (Wildman–Crippen MR) is 84.4 cm³/mol. The number of esters is 1. The van der Waals surface area contributed by atoms with Gasteiger partial charge in [0.25, 0.3) is 5.91 Å². The Morgan fingerprint density at radius 2 is 2.19 bits per heavy atom. The Balaban J connectivity index is 1.94. The van der Waals surface area contributed by atoms with E-state index in [1.54, 1.807) is 11.4 Å². The quantitative estimate of drug-likeness (QED) is 0.851. The largest absolute Gasteiger partial charge is 0.465 e. The van der Waals surface area contributed by atoms with Crippen molar-refractivity contribution in [3.05, 3.63) is 32.3 Å². The predicted octanol–water partition coefficient (Wildman–Crippen LogP) is 2.92. The molecule has 0 aromatic carbocycles. The van der Waals surface area contributed by atoms with Gasteiger partial charge in [0.1, 0.15) is 9.88 Å². The van der Waals surface area contributed by atoms with E-state index in [-0.39, 0.29) is 5.91 Å². The van der Waals surface area contributed by atoms with Gasteiger partial charge < -0.3 is 15.8 Å². The van der Waals surface area contributed by atoms with Crippen LogP contribution in [-0.4, -0.2) is 19.0 Å². The number of amides is 1. The van der Waals surface area contributed by atoms with Crippen LogP contribution in [0.2, 0.25) is 0 Å². The molecule has 0 fully saturated rings. The normalized spacial score (nSPS) is 13.0. The van der Waals surface area contributed by atoms with Crippen molar-refractivity contribution in [1.29, 1.82) is 0 Å². The summed E-state index contributed by atoms with van der Waals surface area (Å²) >= 11 is 2.73. The van der Waals surface area contributed by atoms with Crippen LogP contribution in [0.15, 0.2) is 11.4 Å². The van der Waals surface area contributed by atoms with Gasteiger partial charge in [0.15, 0.2) is 0 Å². The highest BCUT2D eigenvalue weighted by atomic mass is 32.1. The van der Waals surface area contributed by atoms with Crippen LogP contribution in [0.25, 0.3) is 0 Å². The third-order valence-electron chi connectivity index (χ3n) is 3.44. The van der Waals surface area contributed by atoms with Crippen LogP contribution < -0.4 is 11.1 Å². The lowest BCUT2D eigenvalue weighted by Crippen LogP contribution is -2.14. The summed E-state index contributed by atoms with van der Waals surface area (Å²) in [4.78, 5) is 25.9. The van der Waals surface area contributed by atoms with Crippen LogP contribution in [-0.2, 0) is 17.6 Å². The molecule has 0 saturated carbocycles. The number of fused-ring (bicyclic) bond motifs is 1. The second-order valence-electron chi connectivity index (χ2n) is 4.71. The van der Waals surface area contributed by atoms with E-state index in [1.807, 2.05) is 0 Å². The molecule has 110 valence electrons. The van der Waals surface area contributed by atoms with Gasteiger partial charge in [-0.1, -0.05) is 0 Å². The molecule has 7 heteroatoms. The number of hydrogen-bond acceptors (Lipinski definition) is 6. The Labute approximate surface area is 129 Å². The second-order valence-corrected chi connectivity index (χ2v) is 6.73. The molecule has 0 radical (unpaired) electrons. The monoisotopic (exact) mass is 322 g/mol. The van der Waals surface area contributed by atoms with Crippen LogP contribution in [0.5, 0.6) is 0 Å². The van der Waals surface area contributed by atoms with Crippen LogP contribution in [0.4, 0.5) is 10.7 Å². The highest BCUT2D eigenvalue weighted by Gasteiger charge is 2.28. The molecule has 0 unspecified atom stereocenters. The summed E-state index contributed by atoms with van der Waals surface area (Å²) in [5, 5.41) is 5.13. The fraction of sp³-hybridized carbons (Fsp3) is 0.286. The first-order valence-electron chi connectivity index (χ1n) is 6.49. The minimum Gasteiger partial charge on any atom is -0.465 e. The van der Waals surface area contributed by atoms with Gasteiger partial charge >= 0.3 is 5.97 Å². The molecule has 2 aromatic rings. The highest BCUT2D eigenvalue weighted by Crippen LogP contribution is 2.39. The Morgan fingerprint density at radius 3 is 2.86 bits per heavy atom. The number of nitrogen functional groups attached to an aromatic ring is 1. The average molecular weight is 322 g/mol. The summed E-state index contributed by atoms with van der Waals surface area (Å²) in [6.45, 7) is 0. The molecule has 2 aromatic heterocycles. The van der Waals surface area contributed by atoms with Gasteiger partial charge in [-0.2, -0.15) is 0 Å². The standard InChI is InChI=1S/C14H14N2O3S2/c1-19-14(18)10-7-3-2-4-9(7)21-13(10)16-12(17)11-8(15)5-6-20-11/h5-6H,2-4,15H2,1H3,(H,16,17). The maximum atomic E-state index is 12.3. The van der Waals surface area contributed by atoms with Crippen molar-refractivity contribution < 1.29 is 14.3 Å². The van der Waals surface area contributed by atoms with Gasteiger partial charge in [-0.25, -0.2) is 4.79 Å². The van der Waals surface area contributed by atoms with E-state index >= 15 is 0 Å². The molecule has 0 bridgehead atoms. The lowest BCUT2D eigenvalue weighted by molar-refractivity contribution is 0.0601. The van der Waals surface area contributed by atoms with Gasteiger partial charge in [0, 0.05) is 4.88 Å². The van der Waals surface area contributed by atoms with Gasteiger partial charge in [0.2, 0.25) is 0 Å². The average Bonchev–Trinajstić information content (AvgIpc) is 3.13. The molecule has 1 amide bonds. The number of hydrogen-bond donors (Lipinski definition) is 2. The molecule has 1 aliphatic rings. The maximum absolute atomic E-state index is 12.3. The van der Waals surface area contributed by atoms with Crippen molar-refractivity contribution in [3.8, 4) is 0 Å². The zero-order chi connectivity index (χ0) is 15.0. The van der Waals surface area contributed by atoms with E-state index in [0.29, 0.717) is 21.1 Å². The third-order valence-corrected chi connectivity index (χ3v) is 5.58. The molecule has 0 saturated heterocycles. The number of carbonyl (C=O) groups is 2. The number of methoxy groups -OCH3 is 1. The number of rotatable bonds is 3. The summed E-state index contributed by atoms with van der Waals surface area (Å²) in [7, 11) is 1.35. The van der Waals surface area contributed by atoms with Crippen molar-refractivity contribution in [3.63, 3.8) is 0 Å². The van der Waals surface area contributed by atoms with Crippen LogP contribution in [0, 0.1) is 0 Å². The Bertz CT molecular complexity index is 718. The molecule has 0 atom stereocenters. The summed E-state index contributed by atoms with van der Waals surface area (Å²) in [5.41, 5.74) is 7.71. The summed E-state index contributed by atoms with van der Waals surface area (Å²) in [5.74, 6) is -0.684. The molecule has 2 heterocycles. The molecular weight excluding hydrogens is 308 g/mol. The van der Waals surface area contributed by atoms with Gasteiger partial charge in [-0.3, -0.25) is 4.79 Å². The Hall–Kier alpha value is -1.86. The SMILES string of the molecule is COC(=O)c1c(NC(=O)c2sccc2N)sc2c1CCC2. The number of thiophene rings is 2. The fourth-order valence-corrected chi connectivity index (χ4v) is 4.46. The fourth-order valence-electron chi connectivity index (χ4n) is 2.47. The van der Waals surface area contributed by atoms with Gasteiger partial charge in [0.05, 0.1) is 18.4 Å². The minimum atomic E-state index is -0.399. The van der Waals surface area contributed by atoms with Crippen molar-refractivity contribution in [1.82, 2.24) is 0 Å². The maximum Gasteiger partial charge on any atom is 0.341 e. The Morgan fingerprint density at radius 1 is 1.38 bits per heavy atom. The van der Waals surface area contributed by atoms with E-state index in [0.717, 1.165) is 29.7 Å². The van der Waals surface area contributed by atoms with E-state index in [1.165, 1.54) is 29.8 Å². The molecule has 0 aliphatic heterocycles. The summed E-state index contributed by atoms with van der Waals surface area (Å²) < 4.78 is 4.85. The number of nitrogens with two attached hydrogens (primary N) is 1. The molecule has 3 rings (SSSR count). The molecule has 0 spiro atoms. The van der Waals surface area contributed by atoms with E-state index in [4.69, 9.17) is 10.5 Å². The van der Waals surface area contributed by atoms with E-state index in [2.05, 4.69) is 5.32 Å². The summed E-state index contributed by atoms with van der Waals surface area (Å²) in [6.07, 6.45) is 2.84. The van der Waals surface area contributed by atoms with Crippen molar-refractivity contribution in [2.75, 3.05) is 18.2 Å². The first kappa shape index (κ1) is 14.1. The lowest BCUT2D eigenvalue weighted by atomic mass is 10.1. The second kappa shape index (κ2) is 5.50. The van der Waals surface area contributed by atoms with Crippen molar-refractivity contribution in [2.24, 2.45) is 0 Å². The van der Waals surface area contributed by atoms with Crippen LogP contribution in [0.1, 0.15) is 36.9 Å². The summed E-state index contributed by atoms with van der Waals surface area (Å²) in [6, 6.07) is 1.69. The van der Waals surface area contributed by atoms with Crippen LogP contribution >= 0.6 is 22.7 Å². The number of nitrogens with one attached hydrogen (secondary N) is 1. The molecule has 5 nitrogen and oxygen atoms in total. The molecule has 1 aliphatic carbocycles. The van der Waals surface area contributed by atoms with Crippen molar-refractivity contribution >= 4 is 45.2 Å². The number of ether oxygens (including phenoxy) is 1. The number of aryl methyl sites for hydroxylation is 1. The van der Waals surface area contributed by atoms with Gasteiger partial charge in [-0.15, -0.1) is 22.7 Å². The highest BCUT2D eigenvalue weighted by molar-refractivity contribution is 7.17. The smallest absolute Gasteiger partial charge is 0.341 e. The molecule has 21 heavy (non-hydrogen) atoms. The zero-order valence-electron chi connectivity index (χ0n) is 11.4. The van der Waals surface area contributed by atoms with E-state index < -0.39 is 5.97 Å².